The molecule has 6 heteroatoms. The monoisotopic (exact) mass is 403 g/mol. The second kappa shape index (κ2) is 9.39. The summed E-state index contributed by atoms with van der Waals surface area (Å²) < 4.78 is 11.7. The van der Waals surface area contributed by atoms with Crippen molar-refractivity contribution < 1.29 is 14.3 Å². The predicted octanol–water partition coefficient (Wildman–Crippen LogP) is 3.90. The van der Waals surface area contributed by atoms with Gasteiger partial charge in [-0.3, -0.25) is 4.79 Å². The van der Waals surface area contributed by atoms with Crippen LogP contribution in [0.5, 0.6) is 11.6 Å². The van der Waals surface area contributed by atoms with Gasteiger partial charge in [0.1, 0.15) is 17.7 Å². The second-order valence-corrected chi connectivity index (χ2v) is 7.34. The number of likely N-dealkylation sites (tertiary alicyclic amines) is 1. The van der Waals surface area contributed by atoms with Crippen LogP contribution in [0.3, 0.4) is 0 Å². The van der Waals surface area contributed by atoms with Crippen LogP contribution in [0, 0.1) is 6.92 Å². The van der Waals surface area contributed by atoms with E-state index < -0.39 is 0 Å². The van der Waals surface area contributed by atoms with E-state index in [2.05, 4.69) is 22.1 Å². The third kappa shape index (κ3) is 5.14. The first kappa shape index (κ1) is 19.9. The van der Waals surface area contributed by atoms with E-state index in [1.165, 1.54) is 0 Å². The average molecular weight is 403 g/mol. The third-order valence-corrected chi connectivity index (χ3v) is 5.09. The van der Waals surface area contributed by atoms with Gasteiger partial charge in [0.25, 0.3) is 5.91 Å². The molecule has 0 N–H and O–H groups in total. The summed E-state index contributed by atoms with van der Waals surface area (Å²) in [5.41, 5.74) is 2.27. The Balaban J connectivity index is 1.29. The molecule has 4 rings (SSSR count). The lowest BCUT2D eigenvalue weighted by Gasteiger charge is -2.32. The summed E-state index contributed by atoms with van der Waals surface area (Å²) >= 11 is 0. The summed E-state index contributed by atoms with van der Waals surface area (Å²) in [5.74, 6) is 1.87. The molecule has 1 aliphatic rings. The van der Waals surface area contributed by atoms with Crippen LogP contribution >= 0.6 is 0 Å². The van der Waals surface area contributed by atoms with Crippen molar-refractivity contribution in [3.8, 4) is 22.8 Å². The van der Waals surface area contributed by atoms with Crippen molar-refractivity contribution >= 4 is 5.91 Å². The van der Waals surface area contributed by atoms with Crippen LogP contribution in [-0.4, -0.2) is 46.6 Å². The van der Waals surface area contributed by atoms with E-state index in [0.717, 1.165) is 30.5 Å². The first-order valence-corrected chi connectivity index (χ1v) is 10.2. The fraction of sp³-hybridized carbons (Fsp3) is 0.292. The molecule has 1 unspecified atom stereocenters. The summed E-state index contributed by atoms with van der Waals surface area (Å²) in [5, 5.41) is 0. The van der Waals surface area contributed by atoms with E-state index in [4.69, 9.17) is 9.47 Å². The number of ether oxygens (including phenoxy) is 2. The minimum atomic E-state index is -0.0674. The first-order valence-electron chi connectivity index (χ1n) is 10.2. The zero-order chi connectivity index (χ0) is 20.8. The van der Waals surface area contributed by atoms with Gasteiger partial charge < -0.3 is 14.4 Å². The van der Waals surface area contributed by atoms with Gasteiger partial charge in [0.2, 0.25) is 5.88 Å². The number of rotatable bonds is 6. The molecule has 1 aliphatic heterocycles. The number of piperidine rings is 1. The van der Waals surface area contributed by atoms with Crippen molar-refractivity contribution in [3.05, 3.63) is 72.7 Å². The van der Waals surface area contributed by atoms with E-state index in [0.29, 0.717) is 24.0 Å². The fourth-order valence-corrected chi connectivity index (χ4v) is 3.54. The Bertz CT molecular complexity index is 977. The van der Waals surface area contributed by atoms with E-state index in [-0.39, 0.29) is 18.6 Å². The number of benzene rings is 2. The molecule has 0 spiro atoms. The number of carbonyl (C=O) groups is 1. The van der Waals surface area contributed by atoms with Crippen molar-refractivity contribution in [2.24, 2.45) is 0 Å². The molecule has 6 nitrogen and oxygen atoms in total. The SMILES string of the molecule is Cc1nccc(OC2CCCN(C(=O)COc3ccc(-c4ccccc4)cc3)C2)n1. The quantitative estimate of drug-likeness (QED) is 0.625. The van der Waals surface area contributed by atoms with Crippen molar-refractivity contribution in [1.82, 2.24) is 14.9 Å². The standard InChI is InChI=1S/C24H25N3O3/c1-18-25-14-13-23(26-18)30-22-8-5-15-27(16-22)24(28)17-29-21-11-9-20(10-12-21)19-6-3-2-4-7-19/h2-4,6-7,9-14,22H,5,8,15-17H2,1H3. The molecule has 30 heavy (non-hydrogen) atoms. The Hall–Kier alpha value is -3.41. The van der Waals surface area contributed by atoms with Crippen LogP contribution < -0.4 is 9.47 Å². The summed E-state index contributed by atoms with van der Waals surface area (Å²) in [6.45, 7) is 3.10. The second-order valence-electron chi connectivity index (χ2n) is 7.34. The molecule has 3 aromatic rings. The van der Waals surface area contributed by atoms with Gasteiger partial charge in [-0.2, -0.15) is 4.98 Å². The molecular formula is C24H25N3O3. The van der Waals surface area contributed by atoms with Gasteiger partial charge >= 0.3 is 0 Å². The highest BCUT2D eigenvalue weighted by Crippen LogP contribution is 2.22. The van der Waals surface area contributed by atoms with Crippen LogP contribution in [-0.2, 0) is 4.79 Å². The summed E-state index contributed by atoms with van der Waals surface area (Å²) in [6.07, 6.45) is 3.41. The number of nitrogens with zero attached hydrogens (tertiary/aromatic N) is 3. The number of carbonyl (C=O) groups excluding carboxylic acids is 1. The highest BCUT2D eigenvalue weighted by Gasteiger charge is 2.25. The van der Waals surface area contributed by atoms with Gasteiger partial charge in [0.15, 0.2) is 6.61 Å². The number of aromatic nitrogens is 2. The Labute approximate surface area is 176 Å². The normalized spacial score (nSPS) is 16.2. The van der Waals surface area contributed by atoms with Gasteiger partial charge in [-0.05, 0) is 43.0 Å². The van der Waals surface area contributed by atoms with Crippen molar-refractivity contribution in [1.29, 1.82) is 0 Å². The van der Waals surface area contributed by atoms with E-state index in [9.17, 15) is 4.79 Å². The van der Waals surface area contributed by atoms with Gasteiger partial charge in [-0.15, -0.1) is 0 Å². The Morgan fingerprint density at radius 1 is 1.07 bits per heavy atom. The molecule has 1 saturated heterocycles. The lowest BCUT2D eigenvalue weighted by atomic mass is 10.1. The molecule has 1 amide bonds. The minimum absolute atomic E-state index is 0.0179. The largest absolute Gasteiger partial charge is 0.484 e. The number of hydrogen-bond acceptors (Lipinski definition) is 5. The first-order chi connectivity index (χ1) is 14.7. The highest BCUT2D eigenvalue weighted by atomic mass is 16.5. The van der Waals surface area contributed by atoms with Crippen molar-refractivity contribution in [2.75, 3.05) is 19.7 Å². The topological polar surface area (TPSA) is 64.5 Å². The lowest BCUT2D eigenvalue weighted by Crippen LogP contribution is -2.46. The number of aryl methyl sites for hydroxylation is 1. The van der Waals surface area contributed by atoms with Gasteiger partial charge in [0.05, 0.1) is 6.54 Å². The maximum absolute atomic E-state index is 12.6. The van der Waals surface area contributed by atoms with Crippen LogP contribution in [0.15, 0.2) is 66.9 Å². The number of amides is 1. The fourth-order valence-electron chi connectivity index (χ4n) is 3.54. The van der Waals surface area contributed by atoms with Gasteiger partial charge in [-0.25, -0.2) is 4.98 Å². The van der Waals surface area contributed by atoms with Crippen LogP contribution in [0.25, 0.3) is 11.1 Å². The minimum Gasteiger partial charge on any atom is -0.484 e. The van der Waals surface area contributed by atoms with Gasteiger partial charge in [-0.1, -0.05) is 42.5 Å². The van der Waals surface area contributed by atoms with Crippen LogP contribution in [0.4, 0.5) is 0 Å². The molecule has 0 radical (unpaired) electrons. The summed E-state index contributed by atoms with van der Waals surface area (Å²) in [7, 11) is 0. The molecule has 1 atom stereocenters. The molecule has 1 fully saturated rings. The zero-order valence-corrected chi connectivity index (χ0v) is 17.0. The molecule has 0 aliphatic carbocycles. The smallest absolute Gasteiger partial charge is 0.260 e. The van der Waals surface area contributed by atoms with Gasteiger partial charge in [0, 0.05) is 18.8 Å². The molecule has 2 heterocycles. The lowest BCUT2D eigenvalue weighted by molar-refractivity contribution is -0.136. The Morgan fingerprint density at radius 3 is 2.60 bits per heavy atom. The van der Waals surface area contributed by atoms with Crippen LogP contribution in [0.2, 0.25) is 0 Å². The van der Waals surface area contributed by atoms with Crippen LogP contribution in [0.1, 0.15) is 18.7 Å². The van der Waals surface area contributed by atoms with E-state index in [1.807, 2.05) is 49.4 Å². The average Bonchev–Trinajstić information content (AvgIpc) is 2.79. The summed E-state index contributed by atoms with van der Waals surface area (Å²) in [4.78, 5) is 22.8. The van der Waals surface area contributed by atoms with E-state index in [1.54, 1.807) is 17.2 Å². The molecule has 2 aromatic carbocycles. The zero-order valence-electron chi connectivity index (χ0n) is 17.0. The Kier molecular flexibility index (Phi) is 6.23. The third-order valence-electron chi connectivity index (χ3n) is 5.09. The number of hydrogen-bond donors (Lipinski definition) is 0. The maximum atomic E-state index is 12.6. The molecule has 0 bridgehead atoms. The van der Waals surface area contributed by atoms with E-state index >= 15 is 0 Å². The summed E-state index contributed by atoms with van der Waals surface area (Å²) in [6, 6.07) is 19.7. The molecular weight excluding hydrogens is 378 g/mol. The predicted molar refractivity (Wildman–Crippen MR) is 114 cm³/mol. The molecule has 0 saturated carbocycles. The highest BCUT2D eigenvalue weighted by molar-refractivity contribution is 5.78. The molecule has 1 aromatic heterocycles. The molecule has 154 valence electrons. The van der Waals surface area contributed by atoms with Crippen molar-refractivity contribution in [3.63, 3.8) is 0 Å². The maximum Gasteiger partial charge on any atom is 0.260 e. The Morgan fingerprint density at radius 2 is 1.83 bits per heavy atom. The van der Waals surface area contributed by atoms with Crippen molar-refractivity contribution in [2.45, 2.75) is 25.9 Å².